The number of benzene rings is 1. The van der Waals surface area contributed by atoms with E-state index in [2.05, 4.69) is 34.3 Å². The summed E-state index contributed by atoms with van der Waals surface area (Å²) in [6.45, 7) is 7.92. The molecule has 4 aromatic rings. The van der Waals surface area contributed by atoms with E-state index in [9.17, 15) is 0 Å². The Kier molecular flexibility index (Phi) is 3.23. The van der Waals surface area contributed by atoms with Crippen molar-refractivity contribution in [3.8, 4) is 22.8 Å². The van der Waals surface area contributed by atoms with Gasteiger partial charge >= 0.3 is 0 Å². The van der Waals surface area contributed by atoms with Crippen LogP contribution in [0.25, 0.3) is 33.9 Å². The Morgan fingerprint density at radius 1 is 1.12 bits per heavy atom. The van der Waals surface area contributed by atoms with Crippen molar-refractivity contribution in [2.75, 3.05) is 0 Å². The number of fused-ring (bicyclic) bond motifs is 1. The van der Waals surface area contributed by atoms with Crippen LogP contribution in [0.5, 0.6) is 0 Å². The van der Waals surface area contributed by atoms with Gasteiger partial charge in [0.05, 0.1) is 11.1 Å². The molecule has 0 saturated heterocycles. The van der Waals surface area contributed by atoms with Crippen LogP contribution in [0.1, 0.15) is 31.4 Å². The van der Waals surface area contributed by atoms with E-state index < -0.39 is 0 Å². The molecule has 3 aromatic heterocycles. The summed E-state index contributed by atoms with van der Waals surface area (Å²) in [5, 5.41) is 12.5. The van der Waals surface area contributed by atoms with Gasteiger partial charge in [-0.3, -0.25) is 0 Å². The number of aryl methyl sites for hydroxylation is 2. The van der Waals surface area contributed by atoms with Crippen LogP contribution in [-0.4, -0.2) is 25.1 Å². The van der Waals surface area contributed by atoms with Crippen molar-refractivity contribution in [1.82, 2.24) is 25.1 Å². The molecule has 7 heteroatoms. The van der Waals surface area contributed by atoms with E-state index in [1.807, 2.05) is 42.8 Å². The monoisotopic (exact) mass is 323 g/mol. The molecule has 0 spiro atoms. The minimum absolute atomic E-state index is 0.253. The Morgan fingerprint density at radius 3 is 2.67 bits per heavy atom. The second kappa shape index (κ2) is 5.30. The summed E-state index contributed by atoms with van der Waals surface area (Å²) in [4.78, 5) is 4.48. The van der Waals surface area contributed by atoms with Gasteiger partial charge in [-0.1, -0.05) is 10.4 Å². The van der Waals surface area contributed by atoms with E-state index in [1.165, 1.54) is 0 Å². The molecule has 0 atom stereocenters. The van der Waals surface area contributed by atoms with Crippen LogP contribution in [0.15, 0.2) is 33.2 Å². The fourth-order valence-corrected chi connectivity index (χ4v) is 2.76. The van der Waals surface area contributed by atoms with Crippen LogP contribution in [0.3, 0.4) is 0 Å². The van der Waals surface area contributed by atoms with Gasteiger partial charge in [-0.15, -0.1) is 5.10 Å². The summed E-state index contributed by atoms with van der Waals surface area (Å²) in [6.07, 6.45) is 0. The topological polar surface area (TPSA) is 82.8 Å². The van der Waals surface area contributed by atoms with E-state index in [1.54, 1.807) is 0 Å². The van der Waals surface area contributed by atoms with Crippen LogP contribution >= 0.6 is 0 Å². The van der Waals surface area contributed by atoms with E-state index in [4.69, 9.17) is 8.94 Å². The zero-order valence-corrected chi connectivity index (χ0v) is 13.9. The maximum atomic E-state index is 5.52. The number of rotatable bonds is 3. The van der Waals surface area contributed by atoms with Crippen molar-refractivity contribution in [2.45, 2.75) is 33.7 Å². The Balaban J connectivity index is 1.74. The first-order valence-electron chi connectivity index (χ1n) is 7.79. The van der Waals surface area contributed by atoms with Crippen LogP contribution in [-0.2, 0) is 0 Å². The third-order valence-corrected chi connectivity index (χ3v) is 3.92. The van der Waals surface area contributed by atoms with E-state index in [0.29, 0.717) is 11.7 Å². The lowest BCUT2D eigenvalue weighted by Crippen LogP contribution is -2.02. The molecule has 0 aliphatic rings. The van der Waals surface area contributed by atoms with Crippen molar-refractivity contribution >= 4 is 11.0 Å². The van der Waals surface area contributed by atoms with E-state index in [0.717, 1.165) is 33.7 Å². The summed E-state index contributed by atoms with van der Waals surface area (Å²) in [7, 11) is 0. The molecule has 0 saturated carbocycles. The largest absolute Gasteiger partial charge is 0.466 e. The molecule has 7 nitrogen and oxygen atoms in total. The standard InChI is InChI=1S/C17H17N5O2/c1-9(2)22-15-6-5-12(8-14(15)19-21-22)17-18-16(20-24-17)13-7-10(3)23-11(13)4/h5-9H,1-4H3. The van der Waals surface area contributed by atoms with Crippen molar-refractivity contribution in [1.29, 1.82) is 0 Å². The number of hydrogen-bond donors (Lipinski definition) is 0. The first-order chi connectivity index (χ1) is 11.5. The summed E-state index contributed by atoms with van der Waals surface area (Å²) in [6, 6.07) is 7.98. The predicted octanol–water partition coefficient (Wildman–Crippen LogP) is 3.94. The maximum Gasteiger partial charge on any atom is 0.258 e. The second-order valence-corrected chi connectivity index (χ2v) is 6.08. The van der Waals surface area contributed by atoms with Crippen molar-refractivity contribution in [3.63, 3.8) is 0 Å². The molecule has 3 heterocycles. The molecule has 24 heavy (non-hydrogen) atoms. The molecular weight excluding hydrogens is 306 g/mol. The quantitative estimate of drug-likeness (QED) is 0.568. The first kappa shape index (κ1) is 14.6. The highest BCUT2D eigenvalue weighted by atomic mass is 16.5. The van der Waals surface area contributed by atoms with Crippen LogP contribution in [0.2, 0.25) is 0 Å². The smallest absolute Gasteiger partial charge is 0.258 e. The number of furan rings is 1. The second-order valence-electron chi connectivity index (χ2n) is 6.08. The van der Waals surface area contributed by atoms with Gasteiger partial charge in [0.1, 0.15) is 17.0 Å². The molecule has 0 aliphatic carbocycles. The van der Waals surface area contributed by atoms with Gasteiger partial charge < -0.3 is 8.94 Å². The lowest BCUT2D eigenvalue weighted by molar-refractivity contribution is 0.432. The fraction of sp³-hybridized carbons (Fsp3) is 0.294. The first-order valence-corrected chi connectivity index (χ1v) is 7.79. The highest BCUT2D eigenvalue weighted by Gasteiger charge is 2.16. The molecule has 0 aliphatic heterocycles. The Labute approximate surface area is 138 Å². The number of aromatic nitrogens is 5. The van der Waals surface area contributed by atoms with E-state index in [-0.39, 0.29) is 6.04 Å². The van der Waals surface area contributed by atoms with Gasteiger partial charge in [-0.05, 0) is 52.0 Å². The summed E-state index contributed by atoms with van der Waals surface area (Å²) in [5.74, 6) is 2.56. The third-order valence-electron chi connectivity index (χ3n) is 3.92. The summed E-state index contributed by atoms with van der Waals surface area (Å²) >= 11 is 0. The van der Waals surface area contributed by atoms with Gasteiger partial charge in [0.25, 0.3) is 5.89 Å². The summed E-state index contributed by atoms with van der Waals surface area (Å²) in [5.41, 5.74) is 3.44. The summed E-state index contributed by atoms with van der Waals surface area (Å²) < 4.78 is 12.8. The van der Waals surface area contributed by atoms with Crippen LogP contribution < -0.4 is 0 Å². The Morgan fingerprint density at radius 2 is 1.96 bits per heavy atom. The number of nitrogens with zero attached hydrogens (tertiary/aromatic N) is 5. The molecule has 4 rings (SSSR count). The van der Waals surface area contributed by atoms with Gasteiger partial charge in [-0.25, -0.2) is 4.68 Å². The molecule has 0 fully saturated rings. The zero-order valence-electron chi connectivity index (χ0n) is 13.9. The van der Waals surface area contributed by atoms with Crippen molar-refractivity contribution < 1.29 is 8.94 Å². The molecule has 0 radical (unpaired) electrons. The molecule has 1 aromatic carbocycles. The highest BCUT2D eigenvalue weighted by Crippen LogP contribution is 2.28. The van der Waals surface area contributed by atoms with Crippen molar-refractivity contribution in [3.05, 3.63) is 35.8 Å². The predicted molar refractivity (Wildman–Crippen MR) is 88.4 cm³/mol. The highest BCUT2D eigenvalue weighted by molar-refractivity contribution is 5.80. The van der Waals surface area contributed by atoms with Gasteiger partial charge in [0.15, 0.2) is 0 Å². The lowest BCUT2D eigenvalue weighted by Gasteiger charge is -2.04. The maximum absolute atomic E-state index is 5.52. The Bertz CT molecular complexity index is 1020. The molecular formula is C17H17N5O2. The molecule has 122 valence electrons. The average molecular weight is 323 g/mol. The molecule has 0 bridgehead atoms. The van der Waals surface area contributed by atoms with Gasteiger partial charge in [0.2, 0.25) is 5.82 Å². The molecule has 0 unspecified atom stereocenters. The molecule has 0 amide bonds. The van der Waals surface area contributed by atoms with Crippen molar-refractivity contribution in [2.24, 2.45) is 0 Å². The SMILES string of the molecule is Cc1cc(-c2noc(-c3ccc4c(c3)nnn4C(C)C)n2)c(C)o1. The van der Waals surface area contributed by atoms with Gasteiger partial charge in [-0.2, -0.15) is 4.98 Å². The van der Waals surface area contributed by atoms with E-state index >= 15 is 0 Å². The lowest BCUT2D eigenvalue weighted by atomic mass is 10.2. The third kappa shape index (κ3) is 2.29. The van der Waals surface area contributed by atoms with Crippen LogP contribution in [0, 0.1) is 13.8 Å². The average Bonchev–Trinajstić information content (AvgIpc) is 3.24. The zero-order chi connectivity index (χ0) is 16.8. The van der Waals surface area contributed by atoms with Crippen LogP contribution in [0.4, 0.5) is 0 Å². The minimum Gasteiger partial charge on any atom is -0.466 e. The number of hydrogen-bond acceptors (Lipinski definition) is 6. The Hall–Kier alpha value is -2.96. The normalized spacial score (nSPS) is 11.7. The molecule has 0 N–H and O–H groups in total. The minimum atomic E-state index is 0.253. The fourth-order valence-electron chi connectivity index (χ4n) is 2.76. The van der Waals surface area contributed by atoms with Gasteiger partial charge in [0, 0.05) is 11.6 Å².